The van der Waals surface area contributed by atoms with Crippen LogP contribution in [0.25, 0.3) is 0 Å². The second kappa shape index (κ2) is 6.74. The molecule has 0 heterocycles. The van der Waals surface area contributed by atoms with Crippen molar-refractivity contribution >= 4 is 11.7 Å². The van der Waals surface area contributed by atoms with Crippen molar-refractivity contribution in [3.63, 3.8) is 0 Å². The predicted octanol–water partition coefficient (Wildman–Crippen LogP) is 4.29. The number of hydrogen-bond acceptors (Lipinski definition) is 5. The van der Waals surface area contributed by atoms with Crippen molar-refractivity contribution in [3.05, 3.63) is 46.5 Å². The van der Waals surface area contributed by atoms with Crippen LogP contribution in [0.1, 0.15) is 40.0 Å². The highest BCUT2D eigenvalue weighted by Crippen LogP contribution is 2.64. The summed E-state index contributed by atoms with van der Waals surface area (Å²) in [5.41, 5.74) is -0.406. The van der Waals surface area contributed by atoms with E-state index in [1.54, 1.807) is 25.1 Å². The molecule has 3 fully saturated rings. The van der Waals surface area contributed by atoms with E-state index < -0.39 is 4.92 Å². The van der Waals surface area contributed by atoms with Gasteiger partial charge in [0.15, 0.2) is 0 Å². The van der Waals surface area contributed by atoms with Gasteiger partial charge in [0, 0.05) is 24.1 Å². The first-order valence-corrected chi connectivity index (χ1v) is 9.08. The van der Waals surface area contributed by atoms with E-state index in [4.69, 9.17) is 9.47 Å². The molecule has 0 N–H and O–H groups in total. The lowest BCUT2D eigenvalue weighted by molar-refractivity contribution is -0.384. The maximum absolute atomic E-state index is 11.7. The normalized spacial score (nSPS) is 32.7. The first-order valence-electron chi connectivity index (χ1n) is 9.08. The number of hydrogen-bond donors (Lipinski definition) is 0. The lowest BCUT2D eigenvalue weighted by Crippen LogP contribution is -2.62. The molecule has 4 rings (SSSR count). The van der Waals surface area contributed by atoms with Gasteiger partial charge in [0.2, 0.25) is 0 Å². The zero-order valence-electron chi connectivity index (χ0n) is 15.4. The molecule has 0 radical (unpaired) electrons. The standard InChI is InChI=1S/C20H25NO5/c1-4-25-18(22)10-11-19(2)14-9-12-20(3,17(19)13-14)26-16-7-5-15(6-8-16)21(23)24/h5-8,10-11,14,17H,4,9,12-13H2,1-3H3/b11-10+. The number of nitrogens with zero attached hydrogens (tertiary/aromatic N) is 1. The second-order valence-corrected chi connectivity index (χ2v) is 7.64. The molecule has 2 bridgehead atoms. The average molecular weight is 359 g/mol. The molecule has 140 valence electrons. The van der Waals surface area contributed by atoms with Gasteiger partial charge in [0.25, 0.3) is 5.69 Å². The van der Waals surface area contributed by atoms with Gasteiger partial charge in [0.1, 0.15) is 11.4 Å². The van der Waals surface area contributed by atoms with Gasteiger partial charge in [-0.25, -0.2) is 4.79 Å². The molecule has 3 aliphatic rings. The van der Waals surface area contributed by atoms with Gasteiger partial charge >= 0.3 is 5.97 Å². The van der Waals surface area contributed by atoms with E-state index in [2.05, 4.69) is 13.8 Å². The number of rotatable bonds is 6. The molecule has 1 aromatic carbocycles. The van der Waals surface area contributed by atoms with Crippen LogP contribution in [-0.4, -0.2) is 23.1 Å². The average Bonchev–Trinajstić information content (AvgIpc) is 2.59. The minimum absolute atomic E-state index is 0.0528. The monoisotopic (exact) mass is 359 g/mol. The number of nitro benzene ring substituents is 1. The third-order valence-corrected chi connectivity index (χ3v) is 6.14. The van der Waals surface area contributed by atoms with Crippen LogP contribution in [0.3, 0.4) is 0 Å². The number of esters is 1. The predicted molar refractivity (Wildman–Crippen MR) is 96.8 cm³/mol. The number of non-ortho nitro benzene ring substituents is 1. The van der Waals surface area contributed by atoms with Crippen LogP contribution >= 0.6 is 0 Å². The van der Waals surface area contributed by atoms with Crippen LogP contribution in [-0.2, 0) is 9.53 Å². The van der Waals surface area contributed by atoms with E-state index in [0.29, 0.717) is 18.3 Å². The highest BCUT2D eigenvalue weighted by atomic mass is 16.6. The lowest BCUT2D eigenvalue weighted by Gasteiger charge is -2.63. The molecular weight excluding hydrogens is 334 g/mol. The number of benzene rings is 1. The molecule has 1 aromatic rings. The van der Waals surface area contributed by atoms with Gasteiger partial charge in [-0.2, -0.15) is 0 Å². The van der Waals surface area contributed by atoms with E-state index in [9.17, 15) is 14.9 Å². The van der Waals surface area contributed by atoms with Gasteiger partial charge < -0.3 is 9.47 Å². The quantitative estimate of drug-likeness (QED) is 0.328. The summed E-state index contributed by atoms with van der Waals surface area (Å²) in [5, 5.41) is 10.8. The van der Waals surface area contributed by atoms with Crippen molar-refractivity contribution in [1.82, 2.24) is 0 Å². The molecule has 26 heavy (non-hydrogen) atoms. The molecule has 0 saturated heterocycles. The van der Waals surface area contributed by atoms with E-state index in [-0.39, 0.29) is 28.6 Å². The minimum Gasteiger partial charge on any atom is -0.487 e. The Hall–Kier alpha value is -2.37. The van der Waals surface area contributed by atoms with Crippen LogP contribution in [0.5, 0.6) is 5.75 Å². The molecular formula is C20H25NO5. The Labute approximate surface area is 153 Å². The van der Waals surface area contributed by atoms with Gasteiger partial charge in [-0.1, -0.05) is 13.0 Å². The zero-order valence-corrected chi connectivity index (χ0v) is 15.4. The fourth-order valence-electron chi connectivity index (χ4n) is 4.60. The smallest absolute Gasteiger partial charge is 0.330 e. The summed E-state index contributed by atoms with van der Waals surface area (Å²) in [6.45, 7) is 6.44. The van der Waals surface area contributed by atoms with Crippen LogP contribution in [0.4, 0.5) is 5.69 Å². The molecule has 0 aromatic heterocycles. The zero-order chi connectivity index (χ0) is 18.9. The lowest BCUT2D eigenvalue weighted by atomic mass is 9.43. The Bertz CT molecular complexity index is 726. The Balaban J connectivity index is 1.75. The van der Waals surface area contributed by atoms with Crippen molar-refractivity contribution in [2.24, 2.45) is 17.3 Å². The van der Waals surface area contributed by atoms with E-state index in [0.717, 1.165) is 19.3 Å². The van der Waals surface area contributed by atoms with Crippen molar-refractivity contribution in [3.8, 4) is 5.75 Å². The van der Waals surface area contributed by atoms with E-state index in [1.165, 1.54) is 12.1 Å². The minimum atomic E-state index is -0.417. The molecule has 6 heteroatoms. The Kier molecular flexibility index (Phi) is 4.78. The summed E-state index contributed by atoms with van der Waals surface area (Å²) in [6, 6.07) is 6.23. The summed E-state index contributed by atoms with van der Waals surface area (Å²) in [5.74, 6) is 1.16. The topological polar surface area (TPSA) is 78.7 Å². The van der Waals surface area contributed by atoms with E-state index >= 15 is 0 Å². The highest BCUT2D eigenvalue weighted by molar-refractivity contribution is 5.82. The third kappa shape index (κ3) is 3.20. The molecule has 3 aliphatic carbocycles. The van der Waals surface area contributed by atoms with E-state index in [1.807, 2.05) is 6.08 Å². The fraction of sp³-hybridized carbons (Fsp3) is 0.550. The van der Waals surface area contributed by atoms with Gasteiger partial charge in [-0.3, -0.25) is 10.1 Å². The van der Waals surface area contributed by atoms with Crippen molar-refractivity contribution in [1.29, 1.82) is 0 Å². The van der Waals surface area contributed by atoms with Crippen molar-refractivity contribution < 1.29 is 19.2 Å². The summed E-state index contributed by atoms with van der Waals surface area (Å²) in [6.07, 6.45) is 6.56. The first kappa shape index (κ1) is 18.4. The van der Waals surface area contributed by atoms with Crippen LogP contribution in [0.15, 0.2) is 36.4 Å². The maximum Gasteiger partial charge on any atom is 0.330 e. The van der Waals surface area contributed by atoms with Gasteiger partial charge in [0.05, 0.1) is 11.5 Å². The first-order chi connectivity index (χ1) is 12.3. The van der Waals surface area contributed by atoms with Crippen LogP contribution < -0.4 is 4.74 Å². The number of fused-ring (bicyclic) bond motifs is 2. The second-order valence-electron chi connectivity index (χ2n) is 7.64. The molecule has 3 saturated carbocycles. The maximum atomic E-state index is 11.7. The van der Waals surface area contributed by atoms with Crippen molar-refractivity contribution in [2.75, 3.05) is 6.61 Å². The van der Waals surface area contributed by atoms with Crippen LogP contribution in [0, 0.1) is 27.4 Å². The molecule has 6 nitrogen and oxygen atoms in total. The van der Waals surface area contributed by atoms with Gasteiger partial charge in [-0.15, -0.1) is 0 Å². The molecule has 0 amide bonds. The Morgan fingerprint density at radius 3 is 2.62 bits per heavy atom. The van der Waals surface area contributed by atoms with Crippen LogP contribution in [0.2, 0.25) is 0 Å². The SMILES string of the molecule is CCOC(=O)/C=C/C1(C)C2CCC(C)(Oc3ccc([N+](=O)[O-])cc3)C1C2. The molecule has 0 aliphatic heterocycles. The highest BCUT2D eigenvalue weighted by Gasteiger charge is 2.61. The Morgan fingerprint density at radius 2 is 2.04 bits per heavy atom. The number of ether oxygens (including phenoxy) is 2. The summed E-state index contributed by atoms with van der Waals surface area (Å²) >= 11 is 0. The number of allylic oxidation sites excluding steroid dienone is 1. The Morgan fingerprint density at radius 1 is 1.35 bits per heavy atom. The fourth-order valence-corrected chi connectivity index (χ4v) is 4.60. The number of nitro groups is 1. The third-order valence-electron chi connectivity index (χ3n) is 6.14. The largest absolute Gasteiger partial charge is 0.487 e. The molecule has 0 spiro atoms. The number of carbonyl (C=O) groups excluding carboxylic acids is 1. The summed E-state index contributed by atoms with van der Waals surface area (Å²) in [4.78, 5) is 22.1. The number of carbonyl (C=O) groups is 1. The van der Waals surface area contributed by atoms with Gasteiger partial charge in [-0.05, 0) is 56.6 Å². The molecule has 4 unspecified atom stereocenters. The molecule has 4 atom stereocenters. The van der Waals surface area contributed by atoms with Crippen molar-refractivity contribution in [2.45, 2.75) is 45.6 Å². The summed E-state index contributed by atoms with van der Waals surface area (Å²) in [7, 11) is 0. The summed E-state index contributed by atoms with van der Waals surface area (Å²) < 4.78 is 11.3.